The van der Waals surface area contributed by atoms with Crippen molar-refractivity contribution in [3.05, 3.63) is 70.7 Å². The van der Waals surface area contributed by atoms with Gasteiger partial charge in [-0.3, -0.25) is 19.9 Å². The van der Waals surface area contributed by atoms with Crippen molar-refractivity contribution in [3.8, 4) is 17.6 Å². The fraction of sp³-hybridized carbons (Fsp3) is 0.379. The number of aromatic nitrogens is 1. The highest BCUT2D eigenvalue weighted by molar-refractivity contribution is 5.85. The van der Waals surface area contributed by atoms with Crippen LogP contribution in [0.5, 0.6) is 5.75 Å². The normalized spacial score (nSPS) is 15.8. The number of benzene rings is 2. The number of pyridine rings is 1. The molecule has 3 aromatic rings. The highest BCUT2D eigenvalue weighted by Gasteiger charge is 2.41. The van der Waals surface area contributed by atoms with Gasteiger partial charge in [0.2, 0.25) is 5.91 Å². The molecule has 0 radical (unpaired) electrons. The number of rotatable bonds is 8. The predicted octanol–water partition coefficient (Wildman–Crippen LogP) is 3.61. The average molecular weight is 558 g/mol. The zero-order chi connectivity index (χ0) is 28.9. The Balaban J connectivity index is 1.46. The number of nitrogens with one attached hydrogen (secondary N) is 1. The first-order chi connectivity index (χ1) is 19.2. The summed E-state index contributed by atoms with van der Waals surface area (Å²) in [5, 5.41) is 31.3. The van der Waals surface area contributed by atoms with Crippen LogP contribution in [0.1, 0.15) is 48.5 Å². The van der Waals surface area contributed by atoms with Gasteiger partial charge in [-0.25, -0.2) is 18.7 Å². The Bertz CT molecular complexity index is 1420. The molecule has 40 heavy (non-hydrogen) atoms. The first-order valence-corrected chi connectivity index (χ1v) is 12.8. The average Bonchev–Trinajstić information content (AvgIpc) is 2.97. The van der Waals surface area contributed by atoms with Gasteiger partial charge < -0.3 is 14.9 Å². The summed E-state index contributed by atoms with van der Waals surface area (Å²) in [6.45, 7) is 0.815. The number of hydrogen-bond donors (Lipinski definition) is 4. The lowest BCUT2D eigenvalue weighted by atomic mass is 9.73. The van der Waals surface area contributed by atoms with Crippen LogP contribution in [0.25, 0.3) is 10.9 Å². The minimum atomic E-state index is -1.55. The third-order valence-electron chi connectivity index (χ3n) is 7.51. The topological polar surface area (TPSA) is 115 Å². The van der Waals surface area contributed by atoms with Crippen LogP contribution in [-0.2, 0) is 11.4 Å². The monoisotopic (exact) mass is 557 g/mol. The van der Waals surface area contributed by atoms with Crippen molar-refractivity contribution >= 4 is 16.8 Å². The van der Waals surface area contributed by atoms with E-state index in [4.69, 9.17) is 4.74 Å². The number of ether oxygens (including phenoxy) is 1. The van der Waals surface area contributed by atoms with E-state index in [-0.39, 0.29) is 31.6 Å². The van der Waals surface area contributed by atoms with Crippen LogP contribution in [-0.4, -0.2) is 58.0 Å². The van der Waals surface area contributed by atoms with Crippen molar-refractivity contribution in [2.75, 3.05) is 26.7 Å². The number of nitrogens with zero attached hydrogens (tertiary/aromatic N) is 2. The predicted molar refractivity (Wildman–Crippen MR) is 140 cm³/mol. The van der Waals surface area contributed by atoms with Crippen molar-refractivity contribution < 1.29 is 38.1 Å². The van der Waals surface area contributed by atoms with Crippen LogP contribution in [0.2, 0.25) is 0 Å². The largest absolute Gasteiger partial charge is 0.497 e. The Hall–Kier alpha value is -3.69. The van der Waals surface area contributed by atoms with Gasteiger partial charge in [-0.1, -0.05) is 11.8 Å². The maximum atomic E-state index is 13.4. The molecule has 8 nitrogen and oxygen atoms in total. The van der Waals surface area contributed by atoms with Crippen molar-refractivity contribution in [2.45, 2.75) is 38.4 Å². The lowest BCUT2D eigenvalue weighted by molar-refractivity contribution is -0.143. The lowest BCUT2D eigenvalue weighted by Crippen LogP contribution is -2.48. The Morgan fingerprint density at radius 3 is 2.52 bits per heavy atom. The zero-order valence-electron chi connectivity index (χ0n) is 21.9. The van der Waals surface area contributed by atoms with E-state index in [0.717, 1.165) is 12.1 Å². The number of amides is 1. The van der Waals surface area contributed by atoms with E-state index in [0.29, 0.717) is 53.7 Å². The molecule has 1 unspecified atom stereocenters. The summed E-state index contributed by atoms with van der Waals surface area (Å²) < 4.78 is 45.3. The summed E-state index contributed by atoms with van der Waals surface area (Å²) in [7, 11) is 1.53. The van der Waals surface area contributed by atoms with Gasteiger partial charge >= 0.3 is 0 Å². The zero-order valence-corrected chi connectivity index (χ0v) is 21.9. The van der Waals surface area contributed by atoms with Gasteiger partial charge in [0, 0.05) is 35.8 Å². The summed E-state index contributed by atoms with van der Waals surface area (Å²) in [5.41, 5.74) is 2.41. The third kappa shape index (κ3) is 6.21. The van der Waals surface area contributed by atoms with Crippen LogP contribution in [0, 0.1) is 34.7 Å². The van der Waals surface area contributed by atoms with Gasteiger partial charge in [0.15, 0.2) is 17.5 Å². The third-order valence-corrected chi connectivity index (χ3v) is 7.51. The molecule has 2 heterocycles. The van der Waals surface area contributed by atoms with Crippen LogP contribution in [0.4, 0.5) is 13.2 Å². The number of fused-ring (bicyclic) bond motifs is 1. The quantitative estimate of drug-likeness (QED) is 0.145. The highest BCUT2D eigenvalue weighted by Crippen LogP contribution is 2.40. The van der Waals surface area contributed by atoms with E-state index in [1.54, 1.807) is 23.7 Å². The van der Waals surface area contributed by atoms with Crippen molar-refractivity contribution in [2.24, 2.45) is 5.41 Å². The Morgan fingerprint density at radius 2 is 1.90 bits per heavy atom. The summed E-state index contributed by atoms with van der Waals surface area (Å²) in [5.74, 6) is 1.29. The first-order valence-electron chi connectivity index (χ1n) is 12.8. The number of hydrogen-bond acceptors (Lipinski definition) is 7. The second kappa shape index (κ2) is 12.7. The molecule has 1 saturated heterocycles. The number of halogens is 3. The second-order valence-electron chi connectivity index (χ2n) is 9.85. The van der Waals surface area contributed by atoms with Crippen LogP contribution < -0.4 is 10.2 Å². The smallest absolute Gasteiger partial charge is 0.249 e. The van der Waals surface area contributed by atoms with Crippen LogP contribution in [0.3, 0.4) is 0 Å². The number of aliphatic hydroxyl groups is 2. The van der Waals surface area contributed by atoms with E-state index < -0.39 is 34.9 Å². The van der Waals surface area contributed by atoms with Gasteiger partial charge in [0.1, 0.15) is 5.75 Å². The molecule has 1 aromatic heterocycles. The van der Waals surface area contributed by atoms with Gasteiger partial charge in [-0.05, 0) is 61.6 Å². The summed E-state index contributed by atoms with van der Waals surface area (Å²) in [6.07, 6.45) is 1.66. The molecule has 1 amide bonds. The molecule has 1 fully saturated rings. The van der Waals surface area contributed by atoms with Crippen molar-refractivity contribution in [1.29, 1.82) is 0 Å². The fourth-order valence-corrected chi connectivity index (χ4v) is 5.17. The Morgan fingerprint density at radius 1 is 1.20 bits per heavy atom. The second-order valence-corrected chi connectivity index (χ2v) is 9.85. The van der Waals surface area contributed by atoms with E-state index in [2.05, 4.69) is 16.8 Å². The maximum Gasteiger partial charge on any atom is 0.249 e. The number of carbonyl (C=O) groups excluding carboxylic acids is 1. The molecule has 1 aliphatic rings. The fourth-order valence-electron chi connectivity index (χ4n) is 5.17. The van der Waals surface area contributed by atoms with E-state index in [9.17, 15) is 33.4 Å². The molecule has 11 heteroatoms. The molecule has 1 aliphatic heterocycles. The number of likely N-dealkylation sites (tertiary alicyclic amines) is 1. The number of methoxy groups -OCH3 is 1. The summed E-state index contributed by atoms with van der Waals surface area (Å²) in [4.78, 5) is 19.1. The molecular formula is C29H30F3N3O5. The molecule has 4 rings (SSSR count). The minimum absolute atomic E-state index is 0.0138. The molecule has 0 spiro atoms. The van der Waals surface area contributed by atoms with Gasteiger partial charge in [0.05, 0.1) is 37.3 Å². The summed E-state index contributed by atoms with van der Waals surface area (Å²) >= 11 is 0. The van der Waals surface area contributed by atoms with Crippen LogP contribution >= 0.6 is 0 Å². The molecule has 0 aliphatic carbocycles. The number of hydroxylamine groups is 1. The van der Waals surface area contributed by atoms with Crippen molar-refractivity contribution in [1.82, 2.24) is 15.4 Å². The molecule has 212 valence electrons. The number of carbonyl (C=O) groups is 1. The lowest BCUT2D eigenvalue weighted by Gasteiger charge is -2.40. The number of piperidine rings is 1. The van der Waals surface area contributed by atoms with Gasteiger partial charge in [-0.2, -0.15) is 0 Å². The Kier molecular flexibility index (Phi) is 9.27. The number of aliphatic hydroxyl groups excluding tert-OH is 2. The minimum Gasteiger partial charge on any atom is -0.497 e. The molecular weight excluding hydrogens is 527 g/mol. The standard InChI is InChI=1S/C29H30F3N3O5/c1-40-20-4-5-24-21(15-20)26(19(17-36)16-33-24)25(37)6-7-29(28(38)34-39)8-11-35(12-9-29)10-2-3-18-13-22(30)27(32)23(31)14-18/h4-5,13-16,25,36-37,39H,6-12,17H2,1H3,(H,34,38). The SMILES string of the molecule is COc1ccc2ncc(CO)c(C(O)CCC3(C(=O)NO)CCN(CC#Cc4cc(F)c(F)c(F)c4)CC3)c2c1. The molecule has 2 aromatic carbocycles. The van der Waals surface area contributed by atoms with E-state index >= 15 is 0 Å². The first kappa shape index (κ1) is 29.3. The van der Waals surface area contributed by atoms with E-state index in [1.165, 1.54) is 13.3 Å². The maximum absolute atomic E-state index is 13.4. The molecule has 0 bridgehead atoms. The van der Waals surface area contributed by atoms with Crippen molar-refractivity contribution in [3.63, 3.8) is 0 Å². The van der Waals surface area contributed by atoms with Gasteiger partial charge in [-0.15, -0.1) is 0 Å². The molecule has 0 saturated carbocycles. The Labute approximate surface area is 229 Å². The highest BCUT2D eigenvalue weighted by atomic mass is 19.2. The van der Waals surface area contributed by atoms with Crippen LogP contribution in [0.15, 0.2) is 36.5 Å². The van der Waals surface area contributed by atoms with Gasteiger partial charge in [0.25, 0.3) is 0 Å². The summed E-state index contributed by atoms with van der Waals surface area (Å²) in [6, 6.07) is 6.90. The molecule has 1 atom stereocenters. The molecule has 4 N–H and O–H groups in total. The van der Waals surface area contributed by atoms with E-state index in [1.807, 2.05) is 4.90 Å².